The zero-order valence-corrected chi connectivity index (χ0v) is 13.1. The van der Waals surface area contributed by atoms with E-state index in [1.165, 1.54) is 12.8 Å². The lowest BCUT2D eigenvalue weighted by Crippen LogP contribution is -2.21. The largest absolute Gasteiger partial charge is 0.465 e. The molecule has 19 heavy (non-hydrogen) atoms. The Morgan fingerprint density at radius 1 is 1.63 bits per heavy atom. The molecular weight excluding hydrogens is 280 g/mol. The summed E-state index contributed by atoms with van der Waals surface area (Å²) >= 11 is 3.28. The van der Waals surface area contributed by atoms with Crippen molar-refractivity contribution in [1.29, 1.82) is 0 Å². The molecule has 0 aliphatic heterocycles. The van der Waals surface area contributed by atoms with Gasteiger partial charge in [0.2, 0.25) is 0 Å². The highest BCUT2D eigenvalue weighted by molar-refractivity contribution is 8.01. The van der Waals surface area contributed by atoms with Crippen LogP contribution in [0.3, 0.4) is 0 Å². The van der Waals surface area contributed by atoms with Crippen LogP contribution >= 0.6 is 23.3 Å². The monoisotopic (exact) mass is 300 g/mol. The van der Waals surface area contributed by atoms with Crippen LogP contribution in [-0.4, -0.2) is 22.8 Å². The number of carbonyl (C=O) groups is 1. The van der Waals surface area contributed by atoms with Gasteiger partial charge >= 0.3 is 5.97 Å². The molecule has 1 saturated carbocycles. The fourth-order valence-corrected chi connectivity index (χ4v) is 3.37. The van der Waals surface area contributed by atoms with Crippen LogP contribution in [0.1, 0.15) is 45.2 Å². The normalized spacial score (nSPS) is 16.4. The molecule has 0 amide bonds. The number of aromatic nitrogens is 1. The van der Waals surface area contributed by atoms with E-state index in [1.807, 2.05) is 26.2 Å². The van der Waals surface area contributed by atoms with Crippen molar-refractivity contribution in [2.75, 3.05) is 11.3 Å². The van der Waals surface area contributed by atoms with Gasteiger partial charge in [0.25, 0.3) is 0 Å². The number of thiazole rings is 1. The summed E-state index contributed by atoms with van der Waals surface area (Å²) < 4.78 is 8.40. The number of rotatable bonds is 7. The van der Waals surface area contributed by atoms with Crippen molar-refractivity contribution in [3.63, 3.8) is 0 Å². The summed E-state index contributed by atoms with van der Waals surface area (Å²) in [5.41, 5.74) is 0.817. The first-order chi connectivity index (χ1) is 9.11. The Hall–Kier alpha value is -0.750. The second-order valence-corrected chi connectivity index (χ2v) is 6.94. The molecule has 0 radical (unpaired) electrons. The molecule has 1 aromatic rings. The number of hydrogen-bond acceptors (Lipinski definition) is 6. The molecule has 1 aliphatic carbocycles. The highest BCUT2D eigenvalue weighted by Gasteiger charge is 2.28. The van der Waals surface area contributed by atoms with E-state index in [2.05, 4.69) is 9.71 Å². The average Bonchev–Trinajstić information content (AvgIpc) is 3.07. The van der Waals surface area contributed by atoms with E-state index < -0.39 is 0 Å². The SMILES string of the molecule is CCOC(=O)C(c1csc(NSC2CC2)n1)C(C)C. The highest BCUT2D eigenvalue weighted by atomic mass is 32.2. The summed E-state index contributed by atoms with van der Waals surface area (Å²) in [7, 11) is 0. The third-order valence-electron chi connectivity index (χ3n) is 2.89. The molecular formula is C13H20N2O2S2. The molecule has 1 N–H and O–H groups in total. The van der Waals surface area contributed by atoms with Gasteiger partial charge in [0.1, 0.15) is 5.92 Å². The van der Waals surface area contributed by atoms with Crippen LogP contribution in [0.5, 0.6) is 0 Å². The Kier molecular flexibility index (Phi) is 5.10. The molecule has 6 heteroatoms. The van der Waals surface area contributed by atoms with Gasteiger partial charge in [-0.1, -0.05) is 13.8 Å². The zero-order valence-electron chi connectivity index (χ0n) is 11.5. The van der Waals surface area contributed by atoms with E-state index in [-0.39, 0.29) is 17.8 Å². The van der Waals surface area contributed by atoms with Crippen molar-refractivity contribution in [1.82, 2.24) is 4.98 Å². The number of carbonyl (C=O) groups excluding carboxylic acids is 1. The Morgan fingerprint density at radius 2 is 2.37 bits per heavy atom. The van der Waals surface area contributed by atoms with Crippen LogP contribution in [0.15, 0.2) is 5.38 Å². The molecule has 1 aliphatic rings. The van der Waals surface area contributed by atoms with Gasteiger partial charge in [-0.25, -0.2) is 4.98 Å². The van der Waals surface area contributed by atoms with Crippen molar-refractivity contribution in [3.05, 3.63) is 11.1 Å². The van der Waals surface area contributed by atoms with Crippen LogP contribution in [0.25, 0.3) is 0 Å². The predicted octanol–water partition coefficient (Wildman–Crippen LogP) is 3.67. The second-order valence-electron chi connectivity index (χ2n) is 4.97. The number of ether oxygens (including phenoxy) is 1. The molecule has 0 spiro atoms. The minimum Gasteiger partial charge on any atom is -0.465 e. The van der Waals surface area contributed by atoms with Crippen LogP contribution < -0.4 is 4.72 Å². The van der Waals surface area contributed by atoms with Gasteiger partial charge in [-0.2, -0.15) is 0 Å². The van der Waals surface area contributed by atoms with Crippen LogP contribution in [-0.2, 0) is 9.53 Å². The van der Waals surface area contributed by atoms with Gasteiger partial charge in [0.05, 0.1) is 12.3 Å². The van der Waals surface area contributed by atoms with E-state index in [9.17, 15) is 4.79 Å². The van der Waals surface area contributed by atoms with Crippen LogP contribution in [0.2, 0.25) is 0 Å². The fraction of sp³-hybridized carbons (Fsp3) is 0.692. The molecule has 2 rings (SSSR count). The van der Waals surface area contributed by atoms with Crippen LogP contribution in [0, 0.1) is 5.92 Å². The van der Waals surface area contributed by atoms with Crippen molar-refractivity contribution >= 4 is 34.4 Å². The summed E-state index contributed by atoms with van der Waals surface area (Å²) in [5.74, 6) is -0.257. The molecule has 106 valence electrons. The third-order valence-corrected chi connectivity index (χ3v) is 4.91. The van der Waals surface area contributed by atoms with E-state index in [0.29, 0.717) is 6.61 Å². The maximum atomic E-state index is 12.0. The van der Waals surface area contributed by atoms with E-state index in [4.69, 9.17) is 4.74 Å². The van der Waals surface area contributed by atoms with E-state index in [0.717, 1.165) is 16.1 Å². The summed E-state index contributed by atoms with van der Waals surface area (Å²) in [5, 5.41) is 3.57. The number of hydrogen-bond donors (Lipinski definition) is 1. The van der Waals surface area contributed by atoms with Gasteiger partial charge in [-0.3, -0.25) is 4.79 Å². The molecule has 1 atom stereocenters. The summed E-state index contributed by atoms with van der Waals surface area (Å²) in [6.45, 7) is 6.28. The molecule has 0 saturated heterocycles. The van der Waals surface area contributed by atoms with Gasteiger partial charge in [-0.05, 0) is 37.6 Å². The smallest absolute Gasteiger partial charge is 0.315 e. The van der Waals surface area contributed by atoms with Crippen LogP contribution in [0.4, 0.5) is 5.13 Å². The topological polar surface area (TPSA) is 51.2 Å². The molecule has 0 bridgehead atoms. The minimum atomic E-state index is -0.266. The maximum absolute atomic E-state index is 12.0. The van der Waals surface area contributed by atoms with Gasteiger partial charge in [0, 0.05) is 10.6 Å². The van der Waals surface area contributed by atoms with Gasteiger partial charge in [0.15, 0.2) is 5.13 Å². The highest BCUT2D eigenvalue weighted by Crippen LogP contribution is 2.36. The second kappa shape index (κ2) is 6.61. The fourth-order valence-electron chi connectivity index (χ4n) is 1.76. The third kappa shape index (κ3) is 4.11. The predicted molar refractivity (Wildman–Crippen MR) is 80.6 cm³/mol. The Morgan fingerprint density at radius 3 is 2.95 bits per heavy atom. The summed E-state index contributed by atoms with van der Waals surface area (Å²) in [6, 6.07) is 0. The van der Waals surface area contributed by atoms with E-state index in [1.54, 1.807) is 23.3 Å². The molecule has 4 nitrogen and oxygen atoms in total. The average molecular weight is 300 g/mol. The summed E-state index contributed by atoms with van der Waals surface area (Å²) in [6.07, 6.45) is 2.57. The molecule has 1 aromatic heterocycles. The minimum absolute atomic E-state index is 0.177. The molecule has 0 aromatic carbocycles. The Labute approximate surface area is 122 Å². The molecule has 1 unspecified atom stereocenters. The van der Waals surface area contributed by atoms with Crippen molar-refractivity contribution in [2.45, 2.75) is 44.8 Å². The van der Waals surface area contributed by atoms with Gasteiger partial charge < -0.3 is 9.46 Å². The standard InChI is InChI=1S/C13H20N2O2S2/c1-4-17-12(16)11(8(2)3)10-7-18-13(14-10)15-19-9-5-6-9/h7-9,11H,4-6H2,1-3H3,(H,14,15). The number of esters is 1. The van der Waals surface area contributed by atoms with Crippen molar-refractivity contribution < 1.29 is 9.53 Å². The zero-order chi connectivity index (χ0) is 13.8. The summed E-state index contributed by atoms with van der Waals surface area (Å²) in [4.78, 5) is 16.5. The molecule has 1 heterocycles. The number of nitrogens with one attached hydrogen (secondary N) is 1. The van der Waals surface area contributed by atoms with Crippen molar-refractivity contribution in [3.8, 4) is 0 Å². The van der Waals surface area contributed by atoms with Gasteiger partial charge in [-0.15, -0.1) is 11.3 Å². The Balaban J connectivity index is 2.01. The first-order valence-electron chi connectivity index (χ1n) is 6.65. The maximum Gasteiger partial charge on any atom is 0.315 e. The number of nitrogens with zero attached hydrogens (tertiary/aromatic N) is 1. The molecule has 1 fully saturated rings. The number of anilines is 1. The lowest BCUT2D eigenvalue weighted by atomic mass is 9.93. The van der Waals surface area contributed by atoms with E-state index >= 15 is 0 Å². The lowest BCUT2D eigenvalue weighted by Gasteiger charge is -2.16. The Bertz CT molecular complexity index is 430. The van der Waals surface area contributed by atoms with Crippen molar-refractivity contribution in [2.24, 2.45) is 5.92 Å². The lowest BCUT2D eigenvalue weighted by molar-refractivity contribution is -0.146. The quantitative estimate of drug-likeness (QED) is 0.615. The first-order valence-corrected chi connectivity index (χ1v) is 8.41. The first kappa shape index (κ1) is 14.7.